The zero-order valence-corrected chi connectivity index (χ0v) is 15.1. The Bertz CT molecular complexity index is 910. The van der Waals surface area contributed by atoms with Gasteiger partial charge in [0.2, 0.25) is 5.88 Å². The first kappa shape index (κ1) is 18.3. The summed E-state index contributed by atoms with van der Waals surface area (Å²) in [7, 11) is 3.14. The molecule has 27 heavy (non-hydrogen) atoms. The molecule has 0 aliphatic rings. The van der Waals surface area contributed by atoms with Crippen LogP contribution in [0.1, 0.15) is 15.9 Å². The van der Waals surface area contributed by atoms with E-state index in [9.17, 15) is 4.79 Å². The van der Waals surface area contributed by atoms with Crippen LogP contribution in [0.15, 0.2) is 66.9 Å². The van der Waals surface area contributed by atoms with Gasteiger partial charge >= 0.3 is 0 Å². The number of hydrogen-bond donors (Lipinski definition) is 1. The van der Waals surface area contributed by atoms with Crippen LogP contribution in [0.2, 0.25) is 0 Å². The van der Waals surface area contributed by atoms with Gasteiger partial charge in [-0.15, -0.1) is 0 Å². The van der Waals surface area contributed by atoms with Gasteiger partial charge in [-0.3, -0.25) is 4.79 Å². The molecule has 138 valence electrons. The third-order valence-electron chi connectivity index (χ3n) is 3.87. The Labute approximate surface area is 157 Å². The van der Waals surface area contributed by atoms with E-state index in [0.29, 0.717) is 35.2 Å². The Hall–Kier alpha value is -3.54. The Morgan fingerprint density at radius 2 is 1.78 bits per heavy atom. The fourth-order valence-corrected chi connectivity index (χ4v) is 2.47. The number of aromatic nitrogens is 1. The van der Waals surface area contributed by atoms with E-state index in [1.807, 2.05) is 30.3 Å². The van der Waals surface area contributed by atoms with E-state index in [1.54, 1.807) is 43.6 Å². The Kier molecular flexibility index (Phi) is 5.89. The van der Waals surface area contributed by atoms with Crippen molar-refractivity contribution in [1.82, 2.24) is 10.3 Å². The third kappa shape index (κ3) is 4.76. The summed E-state index contributed by atoms with van der Waals surface area (Å²) in [6.45, 7) is 0.351. The molecular weight excluding hydrogens is 344 g/mol. The summed E-state index contributed by atoms with van der Waals surface area (Å²) in [4.78, 5) is 16.6. The number of hydrogen-bond acceptors (Lipinski definition) is 5. The van der Waals surface area contributed by atoms with Gasteiger partial charge in [-0.1, -0.05) is 24.3 Å². The van der Waals surface area contributed by atoms with Crippen LogP contribution >= 0.6 is 0 Å². The van der Waals surface area contributed by atoms with Gasteiger partial charge in [0.05, 0.1) is 19.8 Å². The van der Waals surface area contributed by atoms with Crippen LogP contribution < -0.4 is 19.5 Å². The predicted octanol–water partition coefficient (Wildman–Crippen LogP) is 3.82. The van der Waals surface area contributed by atoms with Crippen LogP contribution in [0.3, 0.4) is 0 Å². The first-order chi connectivity index (χ1) is 13.2. The standard InChI is InChI=1S/C21H20N2O4/c1-25-16-6-5-7-17(12-16)27-20-11-10-15(13-22-20)14-23-21(24)18-8-3-4-9-19(18)26-2/h3-13H,14H2,1-2H3,(H,23,24). The van der Waals surface area contributed by atoms with Gasteiger partial charge in [0.25, 0.3) is 5.91 Å². The van der Waals surface area contributed by atoms with Crippen molar-refractivity contribution < 1.29 is 19.0 Å². The van der Waals surface area contributed by atoms with Gasteiger partial charge < -0.3 is 19.5 Å². The van der Waals surface area contributed by atoms with Crippen LogP contribution in [-0.4, -0.2) is 25.1 Å². The zero-order valence-electron chi connectivity index (χ0n) is 15.1. The highest BCUT2D eigenvalue weighted by Gasteiger charge is 2.11. The molecule has 1 amide bonds. The summed E-state index contributed by atoms with van der Waals surface area (Å²) in [5.41, 5.74) is 1.35. The van der Waals surface area contributed by atoms with Crippen molar-refractivity contribution >= 4 is 5.91 Å². The van der Waals surface area contributed by atoms with Gasteiger partial charge in [0.15, 0.2) is 0 Å². The summed E-state index contributed by atoms with van der Waals surface area (Å²) in [5, 5.41) is 2.86. The molecule has 2 aromatic carbocycles. The summed E-state index contributed by atoms with van der Waals surface area (Å²) < 4.78 is 16.1. The maximum atomic E-state index is 12.3. The fourth-order valence-electron chi connectivity index (χ4n) is 2.47. The number of benzene rings is 2. The molecule has 0 aliphatic carbocycles. The smallest absolute Gasteiger partial charge is 0.255 e. The highest BCUT2D eigenvalue weighted by molar-refractivity contribution is 5.96. The normalized spacial score (nSPS) is 10.1. The third-order valence-corrected chi connectivity index (χ3v) is 3.87. The van der Waals surface area contributed by atoms with Crippen molar-refractivity contribution in [1.29, 1.82) is 0 Å². The van der Waals surface area contributed by atoms with E-state index in [0.717, 1.165) is 5.56 Å². The second kappa shape index (κ2) is 8.71. The van der Waals surface area contributed by atoms with Crippen LogP contribution in [0.4, 0.5) is 0 Å². The van der Waals surface area contributed by atoms with Crippen molar-refractivity contribution in [3.8, 4) is 23.1 Å². The highest BCUT2D eigenvalue weighted by Crippen LogP contribution is 2.24. The number of ether oxygens (including phenoxy) is 3. The van der Waals surface area contributed by atoms with Crippen molar-refractivity contribution in [2.24, 2.45) is 0 Å². The predicted molar refractivity (Wildman–Crippen MR) is 101 cm³/mol. The molecule has 0 aliphatic heterocycles. The van der Waals surface area contributed by atoms with E-state index in [2.05, 4.69) is 10.3 Å². The van der Waals surface area contributed by atoms with E-state index >= 15 is 0 Å². The van der Waals surface area contributed by atoms with Gasteiger partial charge in [-0.05, 0) is 29.8 Å². The maximum Gasteiger partial charge on any atom is 0.255 e. The molecule has 3 rings (SSSR count). The number of nitrogens with zero attached hydrogens (tertiary/aromatic N) is 1. The van der Waals surface area contributed by atoms with E-state index in [-0.39, 0.29) is 5.91 Å². The van der Waals surface area contributed by atoms with E-state index in [1.165, 1.54) is 7.11 Å². The number of rotatable bonds is 7. The second-order valence-corrected chi connectivity index (χ2v) is 5.67. The SMILES string of the molecule is COc1cccc(Oc2ccc(CNC(=O)c3ccccc3OC)cn2)c1. The van der Waals surface area contributed by atoms with Crippen LogP contribution in [0.25, 0.3) is 0 Å². The number of pyridine rings is 1. The Balaban J connectivity index is 1.59. The summed E-state index contributed by atoms with van der Waals surface area (Å²) in [6.07, 6.45) is 1.66. The van der Waals surface area contributed by atoms with Crippen molar-refractivity contribution in [2.75, 3.05) is 14.2 Å². The number of carbonyl (C=O) groups excluding carboxylic acids is 1. The molecule has 0 unspecified atom stereocenters. The topological polar surface area (TPSA) is 69.7 Å². The highest BCUT2D eigenvalue weighted by atomic mass is 16.5. The molecule has 0 saturated heterocycles. The molecule has 1 aromatic heterocycles. The van der Waals surface area contributed by atoms with E-state index in [4.69, 9.17) is 14.2 Å². The first-order valence-corrected chi connectivity index (χ1v) is 8.37. The minimum Gasteiger partial charge on any atom is -0.497 e. The van der Waals surface area contributed by atoms with E-state index < -0.39 is 0 Å². The molecule has 0 fully saturated rings. The van der Waals surface area contributed by atoms with Crippen LogP contribution in [0, 0.1) is 0 Å². The summed E-state index contributed by atoms with van der Waals surface area (Å²) >= 11 is 0. The molecule has 0 bridgehead atoms. The lowest BCUT2D eigenvalue weighted by molar-refractivity contribution is 0.0948. The number of amides is 1. The summed E-state index contributed by atoms with van der Waals surface area (Å²) in [5.74, 6) is 2.14. The number of nitrogens with one attached hydrogen (secondary N) is 1. The first-order valence-electron chi connectivity index (χ1n) is 8.37. The second-order valence-electron chi connectivity index (χ2n) is 5.67. The monoisotopic (exact) mass is 364 g/mol. The molecule has 6 nitrogen and oxygen atoms in total. The van der Waals surface area contributed by atoms with Crippen LogP contribution in [-0.2, 0) is 6.54 Å². The van der Waals surface area contributed by atoms with Crippen molar-refractivity contribution in [3.05, 3.63) is 78.0 Å². The average Bonchev–Trinajstić information content (AvgIpc) is 2.73. The lowest BCUT2D eigenvalue weighted by Crippen LogP contribution is -2.23. The minimum atomic E-state index is -0.204. The van der Waals surface area contributed by atoms with Crippen LogP contribution in [0.5, 0.6) is 23.1 Å². The Morgan fingerprint density at radius 1 is 0.963 bits per heavy atom. The van der Waals surface area contributed by atoms with Gasteiger partial charge in [0, 0.05) is 24.9 Å². The molecular formula is C21H20N2O4. The maximum absolute atomic E-state index is 12.3. The fraction of sp³-hybridized carbons (Fsp3) is 0.143. The van der Waals surface area contributed by atoms with Crippen molar-refractivity contribution in [3.63, 3.8) is 0 Å². The molecule has 0 spiro atoms. The molecule has 1 N–H and O–H groups in total. The van der Waals surface area contributed by atoms with Crippen molar-refractivity contribution in [2.45, 2.75) is 6.54 Å². The molecule has 0 radical (unpaired) electrons. The quantitative estimate of drug-likeness (QED) is 0.690. The molecule has 0 atom stereocenters. The zero-order chi connectivity index (χ0) is 19.1. The molecule has 6 heteroatoms. The van der Waals surface area contributed by atoms with Gasteiger partial charge in [-0.25, -0.2) is 4.98 Å². The molecule has 3 aromatic rings. The Morgan fingerprint density at radius 3 is 2.52 bits per heavy atom. The lowest BCUT2D eigenvalue weighted by atomic mass is 10.2. The summed E-state index contributed by atoms with van der Waals surface area (Å²) in [6, 6.07) is 18.0. The lowest BCUT2D eigenvalue weighted by Gasteiger charge is -2.10. The largest absolute Gasteiger partial charge is 0.497 e. The molecule has 1 heterocycles. The van der Waals surface area contributed by atoms with Gasteiger partial charge in [-0.2, -0.15) is 0 Å². The van der Waals surface area contributed by atoms with Gasteiger partial charge in [0.1, 0.15) is 17.2 Å². The molecule has 0 saturated carbocycles. The minimum absolute atomic E-state index is 0.204. The number of methoxy groups -OCH3 is 2. The number of carbonyl (C=O) groups is 1. The average molecular weight is 364 g/mol. The number of para-hydroxylation sites is 1.